The fourth-order valence-corrected chi connectivity index (χ4v) is 6.09. The van der Waals surface area contributed by atoms with Gasteiger partial charge < -0.3 is 9.13 Å². The van der Waals surface area contributed by atoms with Crippen LogP contribution >= 0.6 is 0 Å². The average Bonchev–Trinajstić information content (AvgIpc) is 3.62. The Hall–Kier alpha value is -5.34. The molecule has 2 nitrogen and oxygen atoms in total. The fourth-order valence-electron chi connectivity index (χ4n) is 6.09. The minimum Gasteiger partial charge on any atom is -0.316 e. The summed E-state index contributed by atoms with van der Waals surface area (Å²) in [7, 11) is 0. The van der Waals surface area contributed by atoms with Crippen LogP contribution in [0, 0.1) is 0 Å². The Kier molecular flexibility index (Phi) is 5.17. The lowest BCUT2D eigenvalue weighted by atomic mass is 9.98. The quantitative estimate of drug-likeness (QED) is 0.223. The highest BCUT2D eigenvalue weighted by Gasteiger charge is 2.18. The van der Waals surface area contributed by atoms with Crippen molar-refractivity contribution in [3.63, 3.8) is 0 Å². The summed E-state index contributed by atoms with van der Waals surface area (Å²) in [5, 5.41) is 3.77. The van der Waals surface area contributed by atoms with Crippen LogP contribution in [0.15, 0.2) is 158 Å². The first kappa shape index (κ1) is 22.6. The Morgan fingerprint density at radius 2 is 0.950 bits per heavy atom. The summed E-state index contributed by atoms with van der Waals surface area (Å²) in [5.74, 6) is 0. The van der Waals surface area contributed by atoms with E-state index in [1.807, 2.05) is 0 Å². The zero-order chi connectivity index (χ0) is 26.5. The maximum absolute atomic E-state index is 2.46. The van der Waals surface area contributed by atoms with Gasteiger partial charge in [0.05, 0.1) is 16.6 Å². The molecule has 188 valence electrons. The second kappa shape index (κ2) is 9.14. The highest BCUT2D eigenvalue weighted by molar-refractivity contribution is 6.18. The molecule has 0 saturated carbocycles. The van der Waals surface area contributed by atoms with E-state index in [1.165, 1.54) is 55.0 Å². The van der Waals surface area contributed by atoms with E-state index in [9.17, 15) is 0 Å². The van der Waals surface area contributed by atoms with Crippen molar-refractivity contribution in [2.75, 3.05) is 0 Å². The summed E-state index contributed by atoms with van der Waals surface area (Å²) in [6.07, 6.45) is 2.19. The minimum absolute atomic E-state index is 1.16. The topological polar surface area (TPSA) is 9.86 Å². The van der Waals surface area contributed by atoms with Gasteiger partial charge in [-0.3, -0.25) is 0 Å². The number of nitrogens with zero attached hydrogens (tertiary/aromatic N) is 2. The van der Waals surface area contributed by atoms with Crippen LogP contribution < -0.4 is 0 Å². The molecule has 0 amide bonds. The van der Waals surface area contributed by atoms with E-state index in [-0.39, 0.29) is 0 Å². The SMILES string of the molecule is c1ccc(-c2cc(-c3ccccc3)cc(-n3c4ccccc4c4ccc5c(ccn5-c5ccccc5)c43)c2)cc1. The fraction of sp³-hybridized carbons (Fsp3) is 0. The summed E-state index contributed by atoms with van der Waals surface area (Å²) in [4.78, 5) is 0. The predicted octanol–water partition coefficient (Wildman–Crippen LogP) is 10.1. The molecule has 2 heteroatoms. The first-order valence-corrected chi connectivity index (χ1v) is 13.7. The van der Waals surface area contributed by atoms with Crippen molar-refractivity contribution in [1.29, 1.82) is 0 Å². The third kappa shape index (κ3) is 3.58. The number of aromatic nitrogens is 2. The molecular formula is C38H26N2. The van der Waals surface area contributed by atoms with E-state index in [0.29, 0.717) is 0 Å². The number of benzene rings is 6. The molecular weight excluding hydrogens is 484 g/mol. The molecule has 0 N–H and O–H groups in total. The number of fused-ring (bicyclic) bond motifs is 5. The largest absolute Gasteiger partial charge is 0.316 e. The summed E-state index contributed by atoms with van der Waals surface area (Å²) in [6, 6.07) is 54.5. The van der Waals surface area contributed by atoms with Gasteiger partial charge >= 0.3 is 0 Å². The smallest absolute Gasteiger partial charge is 0.0635 e. The lowest BCUT2D eigenvalue weighted by Crippen LogP contribution is -1.97. The molecule has 0 spiro atoms. The van der Waals surface area contributed by atoms with Crippen LogP contribution in [-0.2, 0) is 0 Å². The van der Waals surface area contributed by atoms with E-state index in [2.05, 4.69) is 167 Å². The van der Waals surface area contributed by atoms with Crippen molar-refractivity contribution in [1.82, 2.24) is 9.13 Å². The molecule has 0 aliphatic carbocycles. The molecule has 2 aromatic heterocycles. The zero-order valence-electron chi connectivity index (χ0n) is 21.9. The van der Waals surface area contributed by atoms with E-state index >= 15 is 0 Å². The van der Waals surface area contributed by atoms with Crippen LogP contribution in [0.5, 0.6) is 0 Å². The monoisotopic (exact) mass is 510 g/mol. The second-order valence-electron chi connectivity index (χ2n) is 10.3. The molecule has 0 saturated heterocycles. The molecule has 0 atom stereocenters. The van der Waals surface area contributed by atoms with Crippen LogP contribution in [0.25, 0.3) is 66.3 Å². The lowest BCUT2D eigenvalue weighted by Gasteiger charge is -2.14. The average molecular weight is 511 g/mol. The van der Waals surface area contributed by atoms with Crippen molar-refractivity contribution >= 4 is 32.7 Å². The van der Waals surface area contributed by atoms with Crippen molar-refractivity contribution in [3.8, 4) is 33.6 Å². The number of hydrogen-bond acceptors (Lipinski definition) is 0. The van der Waals surface area contributed by atoms with E-state index in [4.69, 9.17) is 0 Å². The maximum atomic E-state index is 2.46. The van der Waals surface area contributed by atoms with Gasteiger partial charge in [0.25, 0.3) is 0 Å². The minimum atomic E-state index is 1.16. The van der Waals surface area contributed by atoms with Gasteiger partial charge in [0.2, 0.25) is 0 Å². The van der Waals surface area contributed by atoms with Crippen LogP contribution in [-0.4, -0.2) is 9.13 Å². The first-order valence-electron chi connectivity index (χ1n) is 13.7. The van der Waals surface area contributed by atoms with Gasteiger partial charge in [-0.2, -0.15) is 0 Å². The third-order valence-electron chi connectivity index (χ3n) is 7.93. The van der Waals surface area contributed by atoms with Gasteiger partial charge in [-0.05, 0) is 70.8 Å². The molecule has 8 aromatic rings. The Bertz CT molecular complexity index is 2080. The summed E-state index contributed by atoms with van der Waals surface area (Å²) >= 11 is 0. The molecule has 6 aromatic carbocycles. The first-order chi connectivity index (χ1) is 19.8. The van der Waals surface area contributed by atoms with Gasteiger partial charge in [-0.15, -0.1) is 0 Å². The van der Waals surface area contributed by atoms with Crippen molar-refractivity contribution in [2.24, 2.45) is 0 Å². The Balaban J connectivity index is 1.48. The highest BCUT2D eigenvalue weighted by Crippen LogP contribution is 2.39. The van der Waals surface area contributed by atoms with Gasteiger partial charge in [-0.1, -0.05) is 103 Å². The maximum Gasteiger partial charge on any atom is 0.0635 e. The van der Waals surface area contributed by atoms with Gasteiger partial charge in [0.1, 0.15) is 0 Å². The highest BCUT2D eigenvalue weighted by atomic mass is 15.0. The molecule has 40 heavy (non-hydrogen) atoms. The normalized spacial score (nSPS) is 11.5. The van der Waals surface area contributed by atoms with Crippen LogP contribution in [0.4, 0.5) is 0 Å². The molecule has 8 rings (SSSR count). The zero-order valence-corrected chi connectivity index (χ0v) is 21.9. The number of rotatable bonds is 4. The predicted molar refractivity (Wildman–Crippen MR) is 168 cm³/mol. The van der Waals surface area contributed by atoms with Crippen molar-refractivity contribution < 1.29 is 0 Å². The van der Waals surface area contributed by atoms with Crippen LogP contribution in [0.2, 0.25) is 0 Å². The molecule has 0 bridgehead atoms. The van der Waals surface area contributed by atoms with Gasteiger partial charge in [0, 0.05) is 33.7 Å². The molecule has 0 aliphatic rings. The third-order valence-corrected chi connectivity index (χ3v) is 7.93. The molecule has 0 fully saturated rings. The standard InChI is InChI=1S/C38H26N2/c1-4-12-27(13-5-1)29-24-30(28-14-6-2-7-15-28)26-32(25-29)40-37-19-11-10-18-33(37)34-20-21-36-35(38(34)40)22-23-39(36)31-16-8-3-9-17-31/h1-26H. The number of para-hydroxylation sites is 2. The number of hydrogen-bond donors (Lipinski definition) is 0. The van der Waals surface area contributed by atoms with Crippen LogP contribution in [0.3, 0.4) is 0 Å². The Labute approximate surface area is 233 Å². The molecule has 2 heterocycles. The van der Waals surface area contributed by atoms with Gasteiger partial charge in [-0.25, -0.2) is 0 Å². The van der Waals surface area contributed by atoms with Crippen molar-refractivity contribution in [3.05, 3.63) is 158 Å². The Morgan fingerprint density at radius 3 is 1.62 bits per heavy atom. The molecule has 0 radical (unpaired) electrons. The summed E-state index contributed by atoms with van der Waals surface area (Å²) in [5.41, 5.74) is 10.8. The summed E-state index contributed by atoms with van der Waals surface area (Å²) < 4.78 is 4.74. The second-order valence-corrected chi connectivity index (χ2v) is 10.3. The molecule has 0 unspecified atom stereocenters. The van der Waals surface area contributed by atoms with Gasteiger partial charge in [0.15, 0.2) is 0 Å². The Morgan fingerprint density at radius 1 is 0.350 bits per heavy atom. The molecule has 0 aliphatic heterocycles. The van der Waals surface area contributed by atoms with Crippen molar-refractivity contribution in [2.45, 2.75) is 0 Å². The van der Waals surface area contributed by atoms with E-state index in [1.54, 1.807) is 0 Å². The van der Waals surface area contributed by atoms with E-state index < -0.39 is 0 Å². The van der Waals surface area contributed by atoms with E-state index in [0.717, 1.165) is 11.4 Å². The summed E-state index contributed by atoms with van der Waals surface area (Å²) in [6.45, 7) is 0. The van der Waals surface area contributed by atoms with Crippen LogP contribution in [0.1, 0.15) is 0 Å². The lowest BCUT2D eigenvalue weighted by molar-refractivity contribution is 1.13.